The highest BCUT2D eigenvalue weighted by molar-refractivity contribution is 9.10. The number of hydrogen-bond acceptors (Lipinski definition) is 4. The highest BCUT2D eigenvalue weighted by atomic mass is 79.9. The van der Waals surface area contributed by atoms with Gasteiger partial charge in [-0.25, -0.2) is 13.4 Å². The first kappa shape index (κ1) is 14.4. The van der Waals surface area contributed by atoms with Gasteiger partial charge in [0.15, 0.2) is 20.3 Å². The largest absolute Gasteiger partial charge is 0.329 e. The van der Waals surface area contributed by atoms with Gasteiger partial charge < -0.3 is 4.98 Å². The molecule has 5 nitrogen and oxygen atoms in total. The number of imidazole rings is 1. The van der Waals surface area contributed by atoms with Gasteiger partial charge >= 0.3 is 0 Å². The summed E-state index contributed by atoms with van der Waals surface area (Å²) in [5, 5.41) is 0. The van der Waals surface area contributed by atoms with Crippen LogP contribution in [-0.4, -0.2) is 29.2 Å². The Morgan fingerprint density at radius 3 is 2.57 bits per heavy atom. The van der Waals surface area contributed by atoms with Gasteiger partial charge in [0.1, 0.15) is 0 Å². The van der Waals surface area contributed by atoms with Crippen molar-refractivity contribution in [1.82, 2.24) is 14.5 Å². The van der Waals surface area contributed by atoms with Crippen molar-refractivity contribution in [3.63, 3.8) is 0 Å². The van der Waals surface area contributed by atoms with E-state index in [9.17, 15) is 8.42 Å². The van der Waals surface area contributed by atoms with Crippen molar-refractivity contribution in [1.29, 1.82) is 0 Å². The van der Waals surface area contributed by atoms with Crippen molar-refractivity contribution in [2.24, 2.45) is 0 Å². The lowest BCUT2D eigenvalue weighted by Gasteiger charge is -2.05. The molecule has 0 fully saturated rings. The molecule has 8 heteroatoms. The molecular formula is C13H10BrN3O2S2. The van der Waals surface area contributed by atoms with Gasteiger partial charge in [-0.1, -0.05) is 0 Å². The van der Waals surface area contributed by atoms with E-state index in [4.69, 9.17) is 12.2 Å². The minimum absolute atomic E-state index is 0.272. The molecule has 0 radical (unpaired) electrons. The summed E-state index contributed by atoms with van der Waals surface area (Å²) in [7, 11) is -3.21. The summed E-state index contributed by atoms with van der Waals surface area (Å²) in [5.74, 6) is 0. The third kappa shape index (κ3) is 2.66. The number of aromatic amines is 1. The highest BCUT2D eigenvalue weighted by Crippen LogP contribution is 2.21. The van der Waals surface area contributed by atoms with Crippen LogP contribution in [0.3, 0.4) is 0 Å². The molecule has 0 atom stereocenters. The zero-order chi connectivity index (χ0) is 15.2. The zero-order valence-electron chi connectivity index (χ0n) is 10.9. The summed E-state index contributed by atoms with van der Waals surface area (Å²) in [4.78, 5) is 7.70. The second kappa shape index (κ2) is 5.04. The van der Waals surface area contributed by atoms with Gasteiger partial charge in [0.25, 0.3) is 0 Å². The molecule has 1 aromatic carbocycles. The molecule has 0 unspecified atom stereocenters. The summed E-state index contributed by atoms with van der Waals surface area (Å²) in [6, 6.07) is 8.43. The van der Waals surface area contributed by atoms with Gasteiger partial charge in [-0.3, -0.25) is 4.57 Å². The predicted molar refractivity (Wildman–Crippen MR) is 87.1 cm³/mol. The summed E-state index contributed by atoms with van der Waals surface area (Å²) in [6.07, 6.45) is 2.87. The van der Waals surface area contributed by atoms with Crippen molar-refractivity contribution in [3.05, 3.63) is 45.8 Å². The van der Waals surface area contributed by atoms with Gasteiger partial charge in [0.2, 0.25) is 0 Å². The van der Waals surface area contributed by atoms with Crippen LogP contribution in [0.15, 0.2) is 45.9 Å². The topological polar surface area (TPSA) is 67.8 Å². The maximum atomic E-state index is 11.5. The Morgan fingerprint density at radius 1 is 1.29 bits per heavy atom. The molecular weight excluding hydrogens is 374 g/mol. The molecule has 2 aromatic heterocycles. The molecule has 0 amide bonds. The number of nitrogens with one attached hydrogen (secondary N) is 1. The molecule has 108 valence electrons. The minimum atomic E-state index is -3.21. The number of H-pyrrole nitrogens is 1. The second-order valence-corrected chi connectivity index (χ2v) is 7.87. The SMILES string of the molecule is CS(=O)(=O)c1ccc(-n2c(=S)[nH]c3cc(Br)cnc32)cc1. The Hall–Kier alpha value is -1.51. The fraction of sp³-hybridized carbons (Fsp3) is 0.0769. The van der Waals surface area contributed by atoms with Crippen LogP contribution in [0.25, 0.3) is 16.9 Å². The Kier molecular flexibility index (Phi) is 3.46. The average Bonchev–Trinajstić information content (AvgIpc) is 2.73. The first-order valence-corrected chi connectivity index (χ1v) is 9.02. The molecule has 0 aliphatic carbocycles. The first-order chi connectivity index (χ1) is 9.86. The second-order valence-electron chi connectivity index (χ2n) is 4.56. The molecule has 0 spiro atoms. The highest BCUT2D eigenvalue weighted by Gasteiger charge is 2.10. The van der Waals surface area contributed by atoms with E-state index in [0.29, 0.717) is 10.4 Å². The smallest absolute Gasteiger partial charge is 0.183 e. The Labute approximate surface area is 134 Å². The number of sulfone groups is 1. The maximum Gasteiger partial charge on any atom is 0.183 e. The number of halogens is 1. The van der Waals surface area contributed by atoms with E-state index in [2.05, 4.69) is 25.9 Å². The van der Waals surface area contributed by atoms with Crippen LogP contribution in [0.2, 0.25) is 0 Å². The molecule has 1 N–H and O–H groups in total. The number of nitrogens with zero attached hydrogens (tertiary/aromatic N) is 2. The van der Waals surface area contributed by atoms with Gasteiger partial charge in [0, 0.05) is 22.6 Å². The van der Waals surface area contributed by atoms with E-state index < -0.39 is 9.84 Å². The van der Waals surface area contributed by atoms with E-state index in [1.807, 2.05) is 6.07 Å². The molecule has 2 heterocycles. The number of rotatable bonds is 2. The molecule has 3 aromatic rings. The minimum Gasteiger partial charge on any atom is -0.329 e. The zero-order valence-corrected chi connectivity index (χ0v) is 14.1. The molecule has 21 heavy (non-hydrogen) atoms. The number of benzene rings is 1. The Bertz CT molecular complexity index is 988. The standard InChI is InChI=1S/C13H10BrN3O2S2/c1-21(18,19)10-4-2-9(3-5-10)17-12-11(16-13(17)20)6-8(14)7-15-12/h2-7H,1H3,(H,16,20). The van der Waals surface area contributed by atoms with E-state index in [0.717, 1.165) is 15.7 Å². The van der Waals surface area contributed by atoms with Crippen molar-refractivity contribution >= 4 is 49.1 Å². The molecule has 0 saturated carbocycles. The first-order valence-electron chi connectivity index (χ1n) is 5.93. The van der Waals surface area contributed by atoms with Crippen LogP contribution in [0.1, 0.15) is 0 Å². The van der Waals surface area contributed by atoms with Gasteiger partial charge in [0.05, 0.1) is 10.4 Å². The van der Waals surface area contributed by atoms with Crippen LogP contribution in [-0.2, 0) is 9.84 Å². The van der Waals surface area contributed by atoms with E-state index >= 15 is 0 Å². The summed E-state index contributed by atoms with van der Waals surface area (Å²) < 4.78 is 26.1. The van der Waals surface area contributed by atoms with Crippen LogP contribution < -0.4 is 0 Å². The molecule has 0 bridgehead atoms. The van der Waals surface area contributed by atoms with Crippen LogP contribution in [0, 0.1) is 4.77 Å². The molecule has 0 aliphatic heterocycles. The van der Waals surface area contributed by atoms with E-state index in [1.54, 1.807) is 35.0 Å². The average molecular weight is 384 g/mol. The number of aromatic nitrogens is 3. The van der Waals surface area contributed by atoms with Crippen molar-refractivity contribution in [3.8, 4) is 5.69 Å². The third-order valence-corrected chi connectivity index (χ3v) is 4.86. The Balaban J connectivity index is 2.21. The lowest BCUT2D eigenvalue weighted by atomic mass is 10.3. The Morgan fingerprint density at radius 2 is 1.95 bits per heavy atom. The van der Waals surface area contributed by atoms with Crippen LogP contribution >= 0.6 is 28.1 Å². The lowest BCUT2D eigenvalue weighted by Crippen LogP contribution is -1.99. The summed E-state index contributed by atoms with van der Waals surface area (Å²) in [5.41, 5.74) is 2.25. The van der Waals surface area contributed by atoms with Crippen LogP contribution in [0.4, 0.5) is 0 Å². The maximum absolute atomic E-state index is 11.5. The van der Waals surface area contributed by atoms with E-state index in [-0.39, 0.29) is 4.90 Å². The normalized spacial score (nSPS) is 11.9. The fourth-order valence-electron chi connectivity index (χ4n) is 2.05. The van der Waals surface area contributed by atoms with Gasteiger partial charge in [-0.05, 0) is 58.5 Å². The van der Waals surface area contributed by atoms with Crippen molar-refractivity contribution < 1.29 is 8.42 Å². The van der Waals surface area contributed by atoms with Gasteiger partial charge in [-0.2, -0.15) is 0 Å². The third-order valence-electron chi connectivity index (χ3n) is 3.01. The fourth-order valence-corrected chi connectivity index (χ4v) is 3.32. The molecule has 0 saturated heterocycles. The lowest BCUT2D eigenvalue weighted by molar-refractivity contribution is 0.602. The van der Waals surface area contributed by atoms with Gasteiger partial charge in [-0.15, -0.1) is 0 Å². The quantitative estimate of drug-likeness (QED) is 0.689. The summed E-state index contributed by atoms with van der Waals surface area (Å²) in [6.45, 7) is 0. The van der Waals surface area contributed by atoms with Crippen molar-refractivity contribution in [2.45, 2.75) is 4.90 Å². The van der Waals surface area contributed by atoms with E-state index in [1.165, 1.54) is 6.26 Å². The van der Waals surface area contributed by atoms with Crippen LogP contribution in [0.5, 0.6) is 0 Å². The molecule has 3 rings (SSSR count). The predicted octanol–water partition coefficient (Wildman–Crippen LogP) is 3.25. The number of pyridine rings is 1. The number of fused-ring (bicyclic) bond motifs is 1. The monoisotopic (exact) mass is 383 g/mol. The van der Waals surface area contributed by atoms with Crippen molar-refractivity contribution in [2.75, 3.05) is 6.26 Å². The molecule has 0 aliphatic rings. The summed E-state index contributed by atoms with van der Waals surface area (Å²) >= 11 is 8.68. The number of hydrogen-bond donors (Lipinski definition) is 1.